The van der Waals surface area contributed by atoms with Crippen molar-refractivity contribution in [2.75, 3.05) is 19.6 Å². The van der Waals surface area contributed by atoms with E-state index in [1.807, 2.05) is 42.2 Å². The minimum atomic E-state index is -0.322. The summed E-state index contributed by atoms with van der Waals surface area (Å²) >= 11 is 0. The van der Waals surface area contributed by atoms with E-state index in [-0.39, 0.29) is 29.7 Å². The zero-order valence-electron chi connectivity index (χ0n) is 15.0. The number of hydrogen-bond acceptors (Lipinski definition) is 3. The predicted octanol–water partition coefficient (Wildman–Crippen LogP) is 2.09. The summed E-state index contributed by atoms with van der Waals surface area (Å²) in [6.45, 7) is 3.91. The molecule has 2 amide bonds. The monoisotopic (exact) mass is 343 g/mol. The first kappa shape index (κ1) is 17.9. The van der Waals surface area contributed by atoms with Crippen LogP contribution in [-0.4, -0.2) is 36.3 Å². The molecule has 1 aromatic rings. The van der Waals surface area contributed by atoms with Crippen LogP contribution in [0.2, 0.25) is 0 Å². The lowest BCUT2D eigenvalue weighted by molar-refractivity contribution is -0.139. The summed E-state index contributed by atoms with van der Waals surface area (Å²) in [6.07, 6.45) is 4.19. The number of hydrogen-bond donors (Lipinski definition) is 2. The molecule has 0 spiro atoms. The molecule has 1 aliphatic heterocycles. The molecule has 2 fully saturated rings. The van der Waals surface area contributed by atoms with Gasteiger partial charge in [0.25, 0.3) is 0 Å². The van der Waals surface area contributed by atoms with Gasteiger partial charge >= 0.3 is 0 Å². The quantitative estimate of drug-likeness (QED) is 0.830. The first-order chi connectivity index (χ1) is 12.1. The van der Waals surface area contributed by atoms with Crippen molar-refractivity contribution in [1.29, 1.82) is 0 Å². The highest BCUT2D eigenvalue weighted by atomic mass is 16.2. The molecule has 25 heavy (non-hydrogen) atoms. The molecule has 3 atom stereocenters. The Morgan fingerprint density at radius 2 is 1.96 bits per heavy atom. The summed E-state index contributed by atoms with van der Waals surface area (Å²) in [7, 11) is 0. The predicted molar refractivity (Wildman–Crippen MR) is 97.6 cm³/mol. The van der Waals surface area contributed by atoms with Crippen molar-refractivity contribution in [2.45, 2.75) is 38.6 Å². The maximum atomic E-state index is 12.9. The molecule has 2 aliphatic rings. The molecule has 3 rings (SSSR count). The van der Waals surface area contributed by atoms with Gasteiger partial charge in [-0.15, -0.1) is 0 Å². The van der Waals surface area contributed by atoms with E-state index in [9.17, 15) is 9.59 Å². The van der Waals surface area contributed by atoms with E-state index in [1.54, 1.807) is 0 Å². The average molecular weight is 343 g/mol. The van der Waals surface area contributed by atoms with Crippen LogP contribution >= 0.6 is 0 Å². The van der Waals surface area contributed by atoms with Crippen molar-refractivity contribution in [2.24, 2.45) is 23.5 Å². The van der Waals surface area contributed by atoms with Crippen LogP contribution in [0.25, 0.3) is 0 Å². The molecule has 136 valence electrons. The van der Waals surface area contributed by atoms with Crippen LogP contribution in [0.5, 0.6) is 0 Å². The lowest BCUT2D eigenvalue weighted by Crippen LogP contribution is -2.48. The van der Waals surface area contributed by atoms with Crippen LogP contribution in [0.1, 0.15) is 44.2 Å². The topological polar surface area (TPSA) is 75.4 Å². The number of nitrogens with two attached hydrogens (primary N) is 1. The second-order valence-corrected chi connectivity index (χ2v) is 7.54. The zero-order valence-corrected chi connectivity index (χ0v) is 15.0. The summed E-state index contributed by atoms with van der Waals surface area (Å²) in [6, 6.07) is 9.41. The van der Waals surface area contributed by atoms with E-state index in [1.165, 1.54) is 12.8 Å². The smallest absolute Gasteiger partial charge is 0.227 e. The number of nitrogens with zero attached hydrogens (tertiary/aromatic N) is 1. The third-order valence-electron chi connectivity index (χ3n) is 5.48. The third kappa shape index (κ3) is 4.60. The van der Waals surface area contributed by atoms with Crippen molar-refractivity contribution in [3.8, 4) is 0 Å². The van der Waals surface area contributed by atoms with Gasteiger partial charge in [0.05, 0.1) is 11.8 Å². The number of carbonyl (C=O) groups excluding carboxylic acids is 2. The fraction of sp³-hybridized carbons (Fsp3) is 0.600. The Hall–Kier alpha value is -1.88. The van der Waals surface area contributed by atoms with E-state index >= 15 is 0 Å². The summed E-state index contributed by atoms with van der Waals surface area (Å²) in [5.41, 5.74) is 7.27. The summed E-state index contributed by atoms with van der Waals surface area (Å²) in [4.78, 5) is 27.1. The second kappa shape index (κ2) is 8.00. The second-order valence-electron chi connectivity index (χ2n) is 7.54. The fourth-order valence-corrected chi connectivity index (χ4v) is 3.51. The molecule has 5 heteroatoms. The van der Waals surface area contributed by atoms with Gasteiger partial charge in [0, 0.05) is 25.7 Å². The first-order valence-electron chi connectivity index (χ1n) is 9.43. The summed E-state index contributed by atoms with van der Waals surface area (Å²) < 4.78 is 0. The molecular formula is C20H29N3O2. The molecule has 1 saturated heterocycles. The highest BCUT2D eigenvalue weighted by Crippen LogP contribution is 2.28. The van der Waals surface area contributed by atoms with E-state index in [0.717, 1.165) is 31.5 Å². The van der Waals surface area contributed by atoms with Gasteiger partial charge in [0.1, 0.15) is 0 Å². The van der Waals surface area contributed by atoms with E-state index in [0.29, 0.717) is 12.5 Å². The van der Waals surface area contributed by atoms with Crippen molar-refractivity contribution >= 4 is 11.8 Å². The number of amides is 2. The van der Waals surface area contributed by atoms with Gasteiger partial charge in [0.2, 0.25) is 11.8 Å². The van der Waals surface area contributed by atoms with Crippen LogP contribution in [0.15, 0.2) is 30.3 Å². The molecule has 1 saturated carbocycles. The number of carbonyl (C=O) groups is 2. The average Bonchev–Trinajstić information content (AvgIpc) is 3.49. The number of nitrogens with one attached hydrogen (secondary N) is 1. The van der Waals surface area contributed by atoms with E-state index < -0.39 is 0 Å². The molecule has 1 aromatic carbocycles. The standard InChI is InChI=1S/C20H29N3O2/c1-14(18(21)16-6-3-2-4-7-16)20(25)23-11-5-8-17(13-23)19(24)22-12-15-9-10-15/h2-4,6-7,14-15,17-18H,5,8-13,21H2,1H3,(H,22,24). The third-order valence-corrected chi connectivity index (χ3v) is 5.48. The number of likely N-dealkylation sites (tertiary alicyclic amines) is 1. The number of benzene rings is 1. The SMILES string of the molecule is CC(C(=O)N1CCCC(C(=O)NCC2CC2)C1)C(N)c1ccccc1. The molecule has 0 radical (unpaired) electrons. The van der Waals surface area contributed by atoms with Gasteiger partial charge in [-0.2, -0.15) is 0 Å². The van der Waals surface area contributed by atoms with Crippen LogP contribution in [-0.2, 0) is 9.59 Å². The Kier molecular flexibility index (Phi) is 5.74. The molecule has 5 nitrogen and oxygen atoms in total. The summed E-state index contributed by atoms with van der Waals surface area (Å²) in [5, 5.41) is 3.05. The van der Waals surface area contributed by atoms with Crippen molar-refractivity contribution in [3.05, 3.63) is 35.9 Å². The molecule has 0 bridgehead atoms. The largest absolute Gasteiger partial charge is 0.356 e. The van der Waals surface area contributed by atoms with Gasteiger partial charge in [0.15, 0.2) is 0 Å². The van der Waals surface area contributed by atoms with Gasteiger partial charge in [-0.3, -0.25) is 9.59 Å². The van der Waals surface area contributed by atoms with Crippen molar-refractivity contribution < 1.29 is 9.59 Å². The van der Waals surface area contributed by atoms with Crippen LogP contribution < -0.4 is 11.1 Å². The number of rotatable bonds is 6. The van der Waals surface area contributed by atoms with Gasteiger partial charge in [-0.25, -0.2) is 0 Å². The highest BCUT2D eigenvalue weighted by molar-refractivity contribution is 5.82. The van der Waals surface area contributed by atoms with Crippen LogP contribution in [0, 0.1) is 17.8 Å². The minimum absolute atomic E-state index is 0.0519. The van der Waals surface area contributed by atoms with Crippen LogP contribution in [0.3, 0.4) is 0 Å². The van der Waals surface area contributed by atoms with E-state index in [2.05, 4.69) is 5.32 Å². The maximum Gasteiger partial charge on any atom is 0.227 e. The lowest BCUT2D eigenvalue weighted by Gasteiger charge is -2.35. The maximum absolute atomic E-state index is 12.9. The minimum Gasteiger partial charge on any atom is -0.356 e. The van der Waals surface area contributed by atoms with Gasteiger partial charge in [-0.05, 0) is 37.2 Å². The first-order valence-corrected chi connectivity index (χ1v) is 9.43. The van der Waals surface area contributed by atoms with Gasteiger partial charge < -0.3 is 16.0 Å². The normalized spacial score (nSPS) is 23.0. The molecule has 1 heterocycles. The molecule has 0 aromatic heterocycles. The Balaban J connectivity index is 1.56. The molecule has 3 unspecified atom stereocenters. The highest BCUT2D eigenvalue weighted by Gasteiger charge is 2.33. The Morgan fingerprint density at radius 1 is 1.24 bits per heavy atom. The fourth-order valence-electron chi connectivity index (χ4n) is 3.51. The summed E-state index contributed by atoms with van der Waals surface area (Å²) in [5.74, 6) is 0.446. The Morgan fingerprint density at radius 3 is 2.64 bits per heavy atom. The zero-order chi connectivity index (χ0) is 17.8. The Labute approximate surface area is 150 Å². The molecule has 3 N–H and O–H groups in total. The molecular weight excluding hydrogens is 314 g/mol. The van der Waals surface area contributed by atoms with Crippen molar-refractivity contribution in [1.82, 2.24) is 10.2 Å². The van der Waals surface area contributed by atoms with Crippen LogP contribution in [0.4, 0.5) is 0 Å². The van der Waals surface area contributed by atoms with Gasteiger partial charge in [-0.1, -0.05) is 37.3 Å². The number of piperidine rings is 1. The van der Waals surface area contributed by atoms with E-state index in [4.69, 9.17) is 5.73 Å². The lowest BCUT2D eigenvalue weighted by atomic mass is 9.91. The molecule has 1 aliphatic carbocycles. The van der Waals surface area contributed by atoms with Crippen molar-refractivity contribution in [3.63, 3.8) is 0 Å². The Bertz CT molecular complexity index is 600.